The lowest BCUT2D eigenvalue weighted by Crippen LogP contribution is -2.46. The van der Waals surface area contributed by atoms with E-state index in [1.54, 1.807) is 0 Å². The van der Waals surface area contributed by atoms with E-state index in [0.29, 0.717) is 0 Å². The third-order valence-electron chi connectivity index (χ3n) is 1.61. The fraction of sp³-hybridized carbons (Fsp3) is 0.167. The van der Waals surface area contributed by atoms with Crippen LogP contribution in [0.5, 0.6) is 0 Å². The molecule has 8 nitrogen and oxygen atoms in total. The topological polar surface area (TPSA) is 108 Å². The van der Waals surface area contributed by atoms with Crippen LogP contribution in [0.1, 0.15) is 0 Å². The number of carbonyl (C=O) groups is 3. The SMILES string of the molecule is C=CC(=O)OC(CN=C=O)(OC(=O)C=C)OC(=O)C=C. The highest BCUT2D eigenvalue weighted by molar-refractivity contribution is 5.85. The Bertz CT molecular complexity index is 433. The number of hydrogen-bond donors (Lipinski definition) is 0. The Morgan fingerprint density at radius 3 is 1.55 bits per heavy atom. The maximum absolute atomic E-state index is 11.2. The summed E-state index contributed by atoms with van der Waals surface area (Å²) in [6.07, 6.45) is 3.30. The lowest BCUT2D eigenvalue weighted by atomic mass is 10.5. The number of carbonyl (C=O) groups excluding carboxylic acids is 4. The second-order valence-electron chi connectivity index (χ2n) is 2.97. The Labute approximate surface area is 114 Å². The zero-order valence-electron chi connectivity index (χ0n) is 10.4. The van der Waals surface area contributed by atoms with Gasteiger partial charge in [-0.1, -0.05) is 19.7 Å². The van der Waals surface area contributed by atoms with Gasteiger partial charge in [0.15, 0.2) is 6.54 Å². The lowest BCUT2D eigenvalue weighted by molar-refractivity contribution is -0.318. The van der Waals surface area contributed by atoms with Gasteiger partial charge in [-0.25, -0.2) is 19.2 Å². The fourth-order valence-corrected chi connectivity index (χ4v) is 0.873. The van der Waals surface area contributed by atoms with Gasteiger partial charge in [0.1, 0.15) is 0 Å². The molecule has 0 saturated carbocycles. The van der Waals surface area contributed by atoms with Crippen molar-refractivity contribution < 1.29 is 33.4 Å². The fourth-order valence-electron chi connectivity index (χ4n) is 0.873. The first kappa shape index (κ1) is 17.0. The number of hydrogen-bond acceptors (Lipinski definition) is 8. The van der Waals surface area contributed by atoms with E-state index in [0.717, 1.165) is 24.3 Å². The molecule has 0 atom stereocenters. The maximum atomic E-state index is 11.2. The highest BCUT2D eigenvalue weighted by atomic mass is 16.9. The van der Waals surface area contributed by atoms with E-state index in [1.165, 1.54) is 0 Å². The maximum Gasteiger partial charge on any atom is 0.446 e. The Morgan fingerprint density at radius 2 is 1.30 bits per heavy atom. The molecule has 0 amide bonds. The second-order valence-corrected chi connectivity index (χ2v) is 2.97. The third-order valence-corrected chi connectivity index (χ3v) is 1.61. The number of ether oxygens (including phenoxy) is 3. The summed E-state index contributed by atoms with van der Waals surface area (Å²) >= 11 is 0. The minimum absolute atomic E-state index is 0.725. The molecule has 0 aromatic heterocycles. The number of rotatable bonds is 8. The van der Waals surface area contributed by atoms with Gasteiger partial charge in [0.05, 0.1) is 0 Å². The normalized spacial score (nSPS) is 9.40. The van der Waals surface area contributed by atoms with Crippen LogP contribution in [0.15, 0.2) is 43.0 Å². The summed E-state index contributed by atoms with van der Waals surface area (Å²) in [6, 6.07) is 0. The van der Waals surface area contributed by atoms with Crippen LogP contribution in [0.25, 0.3) is 0 Å². The molecule has 0 radical (unpaired) electrons. The molecule has 0 fully saturated rings. The van der Waals surface area contributed by atoms with E-state index >= 15 is 0 Å². The summed E-state index contributed by atoms with van der Waals surface area (Å²) in [7, 11) is 0. The molecule has 0 heterocycles. The van der Waals surface area contributed by atoms with Gasteiger partial charge < -0.3 is 14.2 Å². The van der Waals surface area contributed by atoms with Crippen LogP contribution in [-0.2, 0) is 33.4 Å². The van der Waals surface area contributed by atoms with Crippen molar-refractivity contribution in [3.8, 4) is 0 Å². The average molecular weight is 281 g/mol. The van der Waals surface area contributed by atoms with Crippen LogP contribution < -0.4 is 0 Å². The van der Waals surface area contributed by atoms with Gasteiger partial charge >= 0.3 is 23.9 Å². The molecule has 106 valence electrons. The average Bonchev–Trinajstić information content (AvgIpc) is 2.44. The molecule has 0 bridgehead atoms. The molecule has 0 rings (SSSR count). The largest absolute Gasteiger partial charge is 0.446 e. The Morgan fingerprint density at radius 1 is 0.950 bits per heavy atom. The Kier molecular flexibility index (Phi) is 6.95. The lowest BCUT2D eigenvalue weighted by Gasteiger charge is -2.28. The molecule has 0 aromatic carbocycles. The van der Waals surface area contributed by atoms with Gasteiger partial charge in [0, 0.05) is 18.2 Å². The molecule has 8 heteroatoms. The quantitative estimate of drug-likeness (QED) is 0.205. The van der Waals surface area contributed by atoms with Crippen LogP contribution in [0.4, 0.5) is 0 Å². The summed E-state index contributed by atoms with van der Waals surface area (Å²) in [5.41, 5.74) is 0. The third kappa shape index (κ3) is 5.56. The first-order valence-electron chi connectivity index (χ1n) is 5.03. The zero-order chi connectivity index (χ0) is 15.6. The first-order chi connectivity index (χ1) is 9.42. The molecule has 0 aliphatic heterocycles. The van der Waals surface area contributed by atoms with Crippen LogP contribution >= 0.6 is 0 Å². The van der Waals surface area contributed by atoms with Gasteiger partial charge in [0.25, 0.3) is 0 Å². The van der Waals surface area contributed by atoms with Crippen molar-refractivity contribution in [1.82, 2.24) is 0 Å². The van der Waals surface area contributed by atoms with Crippen molar-refractivity contribution in [3.05, 3.63) is 38.0 Å². The summed E-state index contributed by atoms with van der Waals surface area (Å²) in [5, 5.41) is 0. The smallest absolute Gasteiger partial charge is 0.383 e. The molecular weight excluding hydrogens is 270 g/mol. The van der Waals surface area contributed by atoms with Gasteiger partial charge in [-0.2, -0.15) is 4.99 Å². The van der Waals surface area contributed by atoms with E-state index in [1.807, 2.05) is 0 Å². The van der Waals surface area contributed by atoms with Crippen molar-refractivity contribution >= 4 is 24.0 Å². The van der Waals surface area contributed by atoms with Crippen molar-refractivity contribution in [3.63, 3.8) is 0 Å². The Hall–Kier alpha value is -2.99. The second kappa shape index (κ2) is 8.17. The monoisotopic (exact) mass is 281 g/mol. The molecular formula is C12H11NO7. The van der Waals surface area contributed by atoms with E-state index in [9.17, 15) is 19.2 Å². The molecule has 0 aromatic rings. The van der Waals surface area contributed by atoms with Gasteiger partial charge in [-0.05, 0) is 0 Å². The number of nitrogens with zero attached hydrogens (tertiary/aromatic N) is 1. The van der Waals surface area contributed by atoms with Crippen molar-refractivity contribution in [1.29, 1.82) is 0 Å². The number of isocyanates is 1. The molecule has 0 N–H and O–H groups in total. The molecule has 0 aliphatic rings. The molecule has 0 spiro atoms. The number of aliphatic imine (C=N–C) groups is 1. The number of esters is 3. The zero-order valence-corrected chi connectivity index (χ0v) is 10.4. The summed E-state index contributed by atoms with van der Waals surface area (Å²) in [6.45, 7) is 8.55. The molecule has 0 unspecified atom stereocenters. The minimum atomic E-state index is -2.57. The first-order valence-corrected chi connectivity index (χ1v) is 5.03. The molecule has 0 aliphatic carbocycles. The van der Waals surface area contributed by atoms with E-state index in [-0.39, 0.29) is 0 Å². The minimum Gasteiger partial charge on any atom is -0.383 e. The summed E-state index contributed by atoms with van der Waals surface area (Å²) in [4.78, 5) is 46.9. The standard InChI is InChI=1S/C12H11NO7/c1-4-9(15)18-12(7-13-8-14,19-10(16)5-2)20-11(17)6-3/h4-6H,1-3,7H2. The van der Waals surface area contributed by atoms with Gasteiger partial charge in [0.2, 0.25) is 6.08 Å². The van der Waals surface area contributed by atoms with Crippen molar-refractivity contribution in [2.75, 3.05) is 6.54 Å². The highest BCUT2D eigenvalue weighted by Crippen LogP contribution is 2.18. The van der Waals surface area contributed by atoms with Crippen LogP contribution in [0, 0.1) is 0 Å². The molecule has 0 saturated heterocycles. The highest BCUT2D eigenvalue weighted by Gasteiger charge is 2.43. The van der Waals surface area contributed by atoms with Gasteiger partial charge in [-0.15, -0.1) is 0 Å². The van der Waals surface area contributed by atoms with Crippen molar-refractivity contribution in [2.45, 2.75) is 5.97 Å². The van der Waals surface area contributed by atoms with E-state index in [4.69, 9.17) is 0 Å². The van der Waals surface area contributed by atoms with Crippen molar-refractivity contribution in [2.24, 2.45) is 4.99 Å². The Balaban J connectivity index is 5.50. The molecule has 20 heavy (non-hydrogen) atoms. The van der Waals surface area contributed by atoms with E-state index < -0.39 is 30.4 Å². The summed E-state index contributed by atoms with van der Waals surface area (Å²) < 4.78 is 13.9. The van der Waals surface area contributed by atoms with Crippen LogP contribution in [-0.4, -0.2) is 36.5 Å². The summed E-state index contributed by atoms with van der Waals surface area (Å²) in [5.74, 6) is -5.82. The predicted molar refractivity (Wildman–Crippen MR) is 64.6 cm³/mol. The predicted octanol–water partition coefficient (Wildman–Crippen LogP) is 0.164. The van der Waals surface area contributed by atoms with Crippen LogP contribution in [0.2, 0.25) is 0 Å². The van der Waals surface area contributed by atoms with Crippen LogP contribution in [0.3, 0.4) is 0 Å². The van der Waals surface area contributed by atoms with E-state index in [2.05, 4.69) is 38.9 Å². The van der Waals surface area contributed by atoms with Gasteiger partial charge in [-0.3, -0.25) is 0 Å².